The van der Waals surface area contributed by atoms with E-state index >= 15 is 0 Å². The second-order valence-corrected chi connectivity index (χ2v) is 6.09. The fraction of sp³-hybridized carbons (Fsp3) is 0.300. The summed E-state index contributed by atoms with van der Waals surface area (Å²) in [7, 11) is 1.22. The van der Waals surface area contributed by atoms with Gasteiger partial charge in [-0.15, -0.1) is 0 Å². The van der Waals surface area contributed by atoms with Crippen LogP contribution in [0.4, 0.5) is 4.39 Å². The largest absolute Gasteiger partial charge is 0.465 e. The van der Waals surface area contributed by atoms with Crippen LogP contribution in [0.2, 0.25) is 0 Å². The number of carbonyl (C=O) groups excluding carboxylic acids is 2. The molecule has 0 unspecified atom stereocenters. The fourth-order valence-corrected chi connectivity index (χ4v) is 3.09. The van der Waals surface area contributed by atoms with Crippen molar-refractivity contribution in [2.75, 3.05) is 20.2 Å². The van der Waals surface area contributed by atoms with Crippen molar-refractivity contribution in [1.29, 1.82) is 0 Å². The molecule has 1 fully saturated rings. The molecule has 1 amide bonds. The van der Waals surface area contributed by atoms with Crippen LogP contribution in [0.3, 0.4) is 0 Å². The molecule has 0 N–H and O–H groups in total. The first-order chi connectivity index (χ1) is 12.1. The van der Waals surface area contributed by atoms with Gasteiger partial charge in [0.2, 0.25) is 0 Å². The molecule has 1 aliphatic rings. The van der Waals surface area contributed by atoms with Crippen LogP contribution >= 0.6 is 0 Å². The summed E-state index contributed by atoms with van der Waals surface area (Å²) in [6, 6.07) is 11.4. The van der Waals surface area contributed by atoms with Crippen LogP contribution in [-0.4, -0.2) is 37.0 Å². The van der Waals surface area contributed by atoms with Crippen LogP contribution in [0.5, 0.6) is 0 Å². The molecule has 1 aliphatic heterocycles. The lowest BCUT2D eigenvalue weighted by Gasteiger charge is -2.26. The molecule has 1 saturated heterocycles. The summed E-state index contributed by atoms with van der Waals surface area (Å²) in [5, 5.41) is 0. The average Bonchev–Trinajstić information content (AvgIpc) is 2.68. The van der Waals surface area contributed by atoms with E-state index < -0.39 is 11.8 Å². The molecule has 25 heavy (non-hydrogen) atoms. The van der Waals surface area contributed by atoms with Crippen LogP contribution in [0.25, 0.3) is 11.1 Å². The number of benzene rings is 2. The zero-order chi connectivity index (χ0) is 17.8. The van der Waals surface area contributed by atoms with E-state index in [1.54, 1.807) is 36.4 Å². The van der Waals surface area contributed by atoms with E-state index in [2.05, 4.69) is 4.74 Å². The highest BCUT2D eigenvalue weighted by Crippen LogP contribution is 2.26. The van der Waals surface area contributed by atoms with E-state index in [-0.39, 0.29) is 11.5 Å². The highest BCUT2D eigenvalue weighted by molar-refractivity contribution is 5.95. The van der Waals surface area contributed by atoms with Crippen LogP contribution < -0.4 is 0 Å². The van der Waals surface area contributed by atoms with E-state index in [0.29, 0.717) is 16.7 Å². The first-order valence-corrected chi connectivity index (χ1v) is 8.38. The van der Waals surface area contributed by atoms with Crippen molar-refractivity contribution in [3.05, 3.63) is 59.4 Å². The minimum Gasteiger partial charge on any atom is -0.465 e. The number of hydrogen-bond donors (Lipinski definition) is 0. The van der Waals surface area contributed by atoms with Gasteiger partial charge in [0.05, 0.1) is 12.7 Å². The normalized spacial score (nSPS) is 14.2. The number of carbonyl (C=O) groups is 2. The fourth-order valence-electron chi connectivity index (χ4n) is 3.09. The van der Waals surface area contributed by atoms with Crippen LogP contribution in [-0.2, 0) is 4.74 Å². The highest BCUT2D eigenvalue weighted by atomic mass is 19.1. The molecule has 0 spiro atoms. The summed E-state index contributed by atoms with van der Waals surface area (Å²) in [6.07, 6.45) is 3.24. The van der Waals surface area contributed by atoms with Gasteiger partial charge in [-0.1, -0.05) is 24.3 Å². The van der Waals surface area contributed by atoms with E-state index in [9.17, 15) is 14.0 Å². The number of hydrogen-bond acceptors (Lipinski definition) is 3. The van der Waals surface area contributed by atoms with Crippen LogP contribution in [0.1, 0.15) is 40.0 Å². The van der Waals surface area contributed by atoms with Gasteiger partial charge in [-0.3, -0.25) is 4.79 Å². The van der Waals surface area contributed by atoms with Crippen molar-refractivity contribution < 1.29 is 18.7 Å². The SMILES string of the molecule is COC(=O)c1cccc(-c2ccc(C(=O)N3CCCCC3)cc2)c1F. The lowest BCUT2D eigenvalue weighted by Crippen LogP contribution is -2.35. The zero-order valence-electron chi connectivity index (χ0n) is 14.1. The number of rotatable bonds is 3. The number of piperidine rings is 1. The maximum atomic E-state index is 14.6. The third-order valence-corrected chi connectivity index (χ3v) is 4.49. The van der Waals surface area contributed by atoms with E-state index in [4.69, 9.17) is 0 Å². The Kier molecular flexibility index (Phi) is 5.12. The molecule has 0 aromatic heterocycles. The van der Waals surface area contributed by atoms with Crippen LogP contribution in [0.15, 0.2) is 42.5 Å². The van der Waals surface area contributed by atoms with Gasteiger partial charge in [0.1, 0.15) is 5.82 Å². The summed E-state index contributed by atoms with van der Waals surface area (Å²) in [6.45, 7) is 1.58. The average molecular weight is 341 g/mol. The number of halogens is 1. The van der Waals surface area contributed by atoms with Gasteiger partial charge in [-0.2, -0.15) is 0 Å². The number of esters is 1. The van der Waals surface area contributed by atoms with Gasteiger partial charge < -0.3 is 9.64 Å². The van der Waals surface area contributed by atoms with Crippen molar-refractivity contribution >= 4 is 11.9 Å². The maximum Gasteiger partial charge on any atom is 0.340 e. The Labute approximate surface area is 146 Å². The molecule has 3 rings (SSSR count). The standard InChI is InChI=1S/C20H20FNO3/c1-25-20(24)17-7-5-6-16(18(17)21)14-8-10-15(11-9-14)19(23)22-12-3-2-4-13-22/h5-11H,2-4,12-13H2,1H3. The van der Waals surface area contributed by atoms with E-state index in [0.717, 1.165) is 25.9 Å². The minimum atomic E-state index is -0.712. The number of methoxy groups -OCH3 is 1. The third-order valence-electron chi connectivity index (χ3n) is 4.49. The lowest BCUT2D eigenvalue weighted by atomic mass is 10.00. The summed E-state index contributed by atoms with van der Waals surface area (Å²) in [4.78, 5) is 26.0. The molecule has 0 saturated carbocycles. The maximum absolute atomic E-state index is 14.6. The molecular formula is C20H20FNO3. The molecular weight excluding hydrogens is 321 g/mol. The van der Waals surface area contributed by atoms with Crippen molar-refractivity contribution in [2.45, 2.75) is 19.3 Å². The third kappa shape index (κ3) is 3.55. The highest BCUT2D eigenvalue weighted by Gasteiger charge is 2.19. The zero-order valence-corrected chi connectivity index (χ0v) is 14.1. The first kappa shape index (κ1) is 17.1. The predicted molar refractivity (Wildman–Crippen MR) is 92.9 cm³/mol. The Morgan fingerprint density at radius 2 is 1.68 bits per heavy atom. The predicted octanol–water partition coefficient (Wildman–Crippen LogP) is 3.91. The molecule has 2 aromatic carbocycles. The molecule has 0 atom stereocenters. The van der Waals surface area contributed by atoms with E-state index in [1.807, 2.05) is 4.90 Å². The molecule has 1 heterocycles. The van der Waals surface area contributed by atoms with Crippen molar-refractivity contribution in [2.24, 2.45) is 0 Å². The Hall–Kier alpha value is -2.69. The molecule has 0 bridgehead atoms. The summed E-state index contributed by atoms with van der Waals surface area (Å²) in [5.74, 6) is -1.32. The van der Waals surface area contributed by atoms with Gasteiger partial charge in [0, 0.05) is 24.2 Å². The second kappa shape index (κ2) is 7.47. The van der Waals surface area contributed by atoms with Crippen molar-refractivity contribution in [3.8, 4) is 11.1 Å². The quantitative estimate of drug-likeness (QED) is 0.795. The molecule has 2 aromatic rings. The molecule has 0 aliphatic carbocycles. The Balaban J connectivity index is 1.85. The second-order valence-electron chi connectivity index (χ2n) is 6.09. The minimum absolute atomic E-state index is 0.00929. The molecule has 130 valence electrons. The van der Waals surface area contributed by atoms with Gasteiger partial charge in [0.15, 0.2) is 0 Å². The number of ether oxygens (including phenoxy) is 1. The van der Waals surface area contributed by atoms with Gasteiger partial charge in [-0.25, -0.2) is 9.18 Å². The Bertz CT molecular complexity index is 780. The summed E-state index contributed by atoms with van der Waals surface area (Å²) < 4.78 is 19.2. The Morgan fingerprint density at radius 1 is 1.00 bits per heavy atom. The van der Waals surface area contributed by atoms with Gasteiger partial charge in [-0.05, 0) is 43.0 Å². The van der Waals surface area contributed by atoms with Gasteiger partial charge >= 0.3 is 5.97 Å². The van der Waals surface area contributed by atoms with Crippen molar-refractivity contribution in [1.82, 2.24) is 4.90 Å². The molecule has 4 nitrogen and oxygen atoms in total. The molecule has 5 heteroatoms. The smallest absolute Gasteiger partial charge is 0.340 e. The van der Waals surface area contributed by atoms with Gasteiger partial charge in [0.25, 0.3) is 5.91 Å². The van der Waals surface area contributed by atoms with E-state index in [1.165, 1.54) is 19.6 Å². The summed E-state index contributed by atoms with van der Waals surface area (Å²) in [5.41, 5.74) is 1.40. The number of nitrogens with zero attached hydrogens (tertiary/aromatic N) is 1. The molecule has 0 radical (unpaired) electrons. The topological polar surface area (TPSA) is 46.6 Å². The number of likely N-dealkylation sites (tertiary alicyclic amines) is 1. The van der Waals surface area contributed by atoms with Crippen molar-refractivity contribution in [3.63, 3.8) is 0 Å². The number of amides is 1. The monoisotopic (exact) mass is 341 g/mol. The first-order valence-electron chi connectivity index (χ1n) is 8.38. The lowest BCUT2D eigenvalue weighted by molar-refractivity contribution is 0.0595. The summed E-state index contributed by atoms with van der Waals surface area (Å²) >= 11 is 0. The van der Waals surface area contributed by atoms with Crippen LogP contribution in [0, 0.1) is 5.82 Å². The Morgan fingerprint density at radius 3 is 2.32 bits per heavy atom.